The molecule has 3 rings (SSSR count). The third-order valence-electron chi connectivity index (χ3n) is 4.34. The van der Waals surface area contributed by atoms with Crippen LogP contribution in [0.3, 0.4) is 0 Å². The Morgan fingerprint density at radius 1 is 0.962 bits per heavy atom. The van der Waals surface area contributed by atoms with Crippen LogP contribution < -0.4 is 10.6 Å². The number of nitrogens with one attached hydrogen (secondary N) is 2. The first kappa shape index (κ1) is 17.9. The zero-order valence-electron chi connectivity index (χ0n) is 15.3. The lowest BCUT2D eigenvalue weighted by molar-refractivity contribution is 0.627. The van der Waals surface area contributed by atoms with Gasteiger partial charge in [0.2, 0.25) is 5.95 Å². The van der Waals surface area contributed by atoms with Crippen molar-refractivity contribution in [2.75, 3.05) is 17.2 Å². The summed E-state index contributed by atoms with van der Waals surface area (Å²) in [4.78, 5) is 9.02. The van der Waals surface area contributed by atoms with Crippen LogP contribution in [0.15, 0.2) is 48.5 Å². The largest absolute Gasteiger partial charge is 0.370 e. The first-order valence-electron chi connectivity index (χ1n) is 8.68. The van der Waals surface area contributed by atoms with E-state index in [1.807, 2.05) is 25.1 Å². The number of rotatable bonds is 6. The summed E-state index contributed by atoms with van der Waals surface area (Å²) >= 11 is 0. The van der Waals surface area contributed by atoms with E-state index in [0.29, 0.717) is 12.5 Å². The number of halogens is 1. The van der Waals surface area contributed by atoms with Gasteiger partial charge in [-0.25, -0.2) is 9.37 Å². The molecular weight excluding hydrogens is 327 g/mol. The molecular formula is C21H23FN4. The molecule has 0 saturated carbocycles. The summed E-state index contributed by atoms with van der Waals surface area (Å²) in [5, 5.41) is 6.62. The molecule has 4 nitrogen and oxygen atoms in total. The molecule has 134 valence electrons. The predicted octanol–water partition coefficient (Wildman–Crippen LogP) is 4.94. The van der Waals surface area contributed by atoms with Crippen LogP contribution in [0.25, 0.3) is 0 Å². The quantitative estimate of drug-likeness (QED) is 0.661. The van der Waals surface area contributed by atoms with Crippen molar-refractivity contribution >= 4 is 17.5 Å². The van der Waals surface area contributed by atoms with Gasteiger partial charge < -0.3 is 10.6 Å². The highest BCUT2D eigenvalue weighted by Crippen LogP contribution is 2.22. The molecule has 0 bridgehead atoms. The first-order chi connectivity index (χ1) is 12.5. The Hall–Kier alpha value is -2.95. The van der Waals surface area contributed by atoms with E-state index in [4.69, 9.17) is 0 Å². The van der Waals surface area contributed by atoms with Gasteiger partial charge >= 0.3 is 0 Å². The van der Waals surface area contributed by atoms with Crippen molar-refractivity contribution < 1.29 is 4.39 Å². The zero-order valence-corrected chi connectivity index (χ0v) is 15.3. The summed E-state index contributed by atoms with van der Waals surface area (Å²) in [6.07, 6.45) is 0.795. The third-order valence-corrected chi connectivity index (χ3v) is 4.34. The predicted molar refractivity (Wildman–Crippen MR) is 105 cm³/mol. The average molecular weight is 350 g/mol. The highest BCUT2D eigenvalue weighted by Gasteiger charge is 2.06. The fourth-order valence-electron chi connectivity index (χ4n) is 2.71. The maximum Gasteiger partial charge on any atom is 0.229 e. The smallest absolute Gasteiger partial charge is 0.229 e. The van der Waals surface area contributed by atoms with E-state index in [9.17, 15) is 4.39 Å². The van der Waals surface area contributed by atoms with E-state index < -0.39 is 0 Å². The molecule has 2 N–H and O–H groups in total. The molecule has 0 aliphatic carbocycles. The van der Waals surface area contributed by atoms with Gasteiger partial charge in [-0.3, -0.25) is 0 Å². The van der Waals surface area contributed by atoms with Crippen molar-refractivity contribution in [3.05, 3.63) is 76.7 Å². The fourth-order valence-corrected chi connectivity index (χ4v) is 2.71. The first-order valence-corrected chi connectivity index (χ1v) is 8.68. The fraction of sp³-hybridized carbons (Fsp3) is 0.238. The summed E-state index contributed by atoms with van der Waals surface area (Å²) < 4.78 is 13.0. The molecule has 0 atom stereocenters. The van der Waals surface area contributed by atoms with Gasteiger partial charge in [0.05, 0.1) is 0 Å². The van der Waals surface area contributed by atoms with Gasteiger partial charge in [0.25, 0.3) is 0 Å². The van der Waals surface area contributed by atoms with Crippen LogP contribution in [0, 0.1) is 26.6 Å². The lowest BCUT2D eigenvalue weighted by Gasteiger charge is -2.12. The summed E-state index contributed by atoms with van der Waals surface area (Å²) in [7, 11) is 0. The van der Waals surface area contributed by atoms with E-state index >= 15 is 0 Å². The maximum atomic E-state index is 13.0. The van der Waals surface area contributed by atoms with E-state index in [0.717, 1.165) is 29.2 Å². The summed E-state index contributed by atoms with van der Waals surface area (Å²) in [5.74, 6) is 1.13. The number of aromatic nitrogens is 2. The topological polar surface area (TPSA) is 49.8 Å². The molecule has 3 aromatic rings. The molecule has 26 heavy (non-hydrogen) atoms. The third kappa shape index (κ3) is 4.57. The Morgan fingerprint density at radius 2 is 1.73 bits per heavy atom. The van der Waals surface area contributed by atoms with Crippen LogP contribution in [0.2, 0.25) is 0 Å². The minimum Gasteiger partial charge on any atom is -0.370 e. The second-order valence-electron chi connectivity index (χ2n) is 6.39. The molecule has 2 aromatic carbocycles. The Bertz CT molecular complexity index is 891. The lowest BCUT2D eigenvalue weighted by Crippen LogP contribution is -2.09. The Kier molecular flexibility index (Phi) is 5.46. The number of aryl methyl sites for hydroxylation is 2. The van der Waals surface area contributed by atoms with Crippen LogP contribution in [0.5, 0.6) is 0 Å². The number of benzene rings is 2. The second kappa shape index (κ2) is 7.95. The van der Waals surface area contributed by atoms with Crippen molar-refractivity contribution in [1.82, 2.24) is 9.97 Å². The molecule has 5 heteroatoms. The Balaban J connectivity index is 1.67. The number of hydrogen-bond donors (Lipinski definition) is 2. The lowest BCUT2D eigenvalue weighted by atomic mass is 10.1. The van der Waals surface area contributed by atoms with Gasteiger partial charge in [0.15, 0.2) is 0 Å². The number of hydrogen-bond acceptors (Lipinski definition) is 4. The van der Waals surface area contributed by atoms with E-state index in [1.165, 1.54) is 23.3 Å². The normalized spacial score (nSPS) is 10.6. The molecule has 1 heterocycles. The van der Waals surface area contributed by atoms with Crippen molar-refractivity contribution in [2.45, 2.75) is 27.2 Å². The maximum absolute atomic E-state index is 13.0. The molecule has 0 aliphatic heterocycles. The average Bonchev–Trinajstić information content (AvgIpc) is 2.60. The highest BCUT2D eigenvalue weighted by molar-refractivity contribution is 5.61. The minimum absolute atomic E-state index is 0.213. The molecule has 1 aromatic heterocycles. The van der Waals surface area contributed by atoms with Gasteiger partial charge in [0.1, 0.15) is 11.6 Å². The number of anilines is 3. The molecule has 0 fully saturated rings. The van der Waals surface area contributed by atoms with Gasteiger partial charge in [-0.15, -0.1) is 0 Å². The van der Waals surface area contributed by atoms with Crippen molar-refractivity contribution in [3.63, 3.8) is 0 Å². The van der Waals surface area contributed by atoms with Crippen LogP contribution in [-0.4, -0.2) is 16.5 Å². The zero-order chi connectivity index (χ0) is 18.5. The number of nitrogens with zero attached hydrogens (tertiary/aromatic N) is 2. The molecule has 0 unspecified atom stereocenters. The molecule has 0 aliphatic rings. The van der Waals surface area contributed by atoms with Crippen molar-refractivity contribution in [2.24, 2.45) is 0 Å². The SMILES string of the molecule is Cc1cc(NCCc2ccc(F)cc2)nc(Nc2cccc(C)c2C)n1. The van der Waals surface area contributed by atoms with Crippen LogP contribution in [0.4, 0.5) is 21.8 Å². The standard InChI is InChI=1S/C21H23FN4/c1-14-5-4-6-19(16(14)3)25-21-24-15(2)13-20(26-21)23-12-11-17-7-9-18(22)10-8-17/h4-10,13H,11-12H2,1-3H3,(H2,23,24,25,26). The molecule has 0 spiro atoms. The van der Waals surface area contributed by atoms with Gasteiger partial charge in [-0.05, 0) is 62.1 Å². The van der Waals surface area contributed by atoms with Gasteiger partial charge in [-0.1, -0.05) is 24.3 Å². The second-order valence-corrected chi connectivity index (χ2v) is 6.39. The summed E-state index contributed by atoms with van der Waals surface area (Å²) in [5.41, 5.74) is 5.38. The summed E-state index contributed by atoms with van der Waals surface area (Å²) in [6.45, 7) is 6.82. The molecule has 0 radical (unpaired) electrons. The Labute approximate surface area is 153 Å². The van der Waals surface area contributed by atoms with Crippen LogP contribution in [0.1, 0.15) is 22.4 Å². The van der Waals surface area contributed by atoms with Crippen LogP contribution in [-0.2, 0) is 6.42 Å². The Morgan fingerprint density at radius 3 is 2.50 bits per heavy atom. The van der Waals surface area contributed by atoms with Gasteiger partial charge in [0, 0.05) is 24.0 Å². The summed E-state index contributed by atoms with van der Waals surface area (Å²) in [6, 6.07) is 14.6. The van der Waals surface area contributed by atoms with E-state index in [-0.39, 0.29) is 5.82 Å². The van der Waals surface area contributed by atoms with E-state index in [1.54, 1.807) is 12.1 Å². The van der Waals surface area contributed by atoms with Crippen LogP contribution >= 0.6 is 0 Å². The highest BCUT2D eigenvalue weighted by atomic mass is 19.1. The minimum atomic E-state index is -0.213. The monoisotopic (exact) mass is 350 g/mol. The molecule has 0 saturated heterocycles. The molecule has 0 amide bonds. The van der Waals surface area contributed by atoms with Gasteiger partial charge in [-0.2, -0.15) is 4.98 Å². The van der Waals surface area contributed by atoms with E-state index in [2.05, 4.69) is 40.5 Å². The van der Waals surface area contributed by atoms with Crippen molar-refractivity contribution in [3.8, 4) is 0 Å². The van der Waals surface area contributed by atoms with Crippen molar-refractivity contribution in [1.29, 1.82) is 0 Å².